The van der Waals surface area contributed by atoms with Crippen LogP contribution in [-0.2, 0) is 9.59 Å². The summed E-state index contributed by atoms with van der Waals surface area (Å²) in [7, 11) is 1.51. The van der Waals surface area contributed by atoms with Crippen LogP contribution in [0.25, 0.3) is 6.08 Å². The van der Waals surface area contributed by atoms with Gasteiger partial charge in [-0.3, -0.25) is 14.4 Å². The van der Waals surface area contributed by atoms with Crippen molar-refractivity contribution < 1.29 is 19.1 Å². The lowest BCUT2D eigenvalue weighted by Gasteiger charge is -2.19. The standard InChI is InChI=1S/C38H30Cl3N3O4S/c1-23-19-32(34(48-2)22-31(23)41)43-38(47)35(24-11-5-3-6-12-24)49-27-16-9-15-26(20-27)42-37(46)33(21-28-29(39)17-10-18-30(28)40)44-36(45)25-13-7-4-8-14-25/h3-22,35H,1-2H3,(H,42,46)(H,43,47)(H,44,45)/b33-21+. The molecule has 3 amide bonds. The van der Waals surface area contributed by atoms with Gasteiger partial charge in [-0.2, -0.15) is 0 Å². The monoisotopic (exact) mass is 729 g/mol. The third kappa shape index (κ3) is 9.25. The Morgan fingerprint density at radius 3 is 2.08 bits per heavy atom. The van der Waals surface area contributed by atoms with Gasteiger partial charge in [0, 0.05) is 42.8 Å². The molecule has 0 aliphatic carbocycles. The molecule has 0 aromatic heterocycles. The number of carbonyl (C=O) groups excluding carboxylic acids is 3. The minimum absolute atomic E-state index is 0.0735. The predicted octanol–water partition coefficient (Wildman–Crippen LogP) is 9.85. The van der Waals surface area contributed by atoms with Crippen LogP contribution in [0.2, 0.25) is 15.1 Å². The highest BCUT2D eigenvalue weighted by atomic mass is 35.5. The summed E-state index contributed by atoms with van der Waals surface area (Å²) in [5.74, 6) is -0.938. The maximum Gasteiger partial charge on any atom is 0.272 e. The number of halogens is 3. The van der Waals surface area contributed by atoms with Crippen LogP contribution in [0, 0.1) is 6.92 Å². The summed E-state index contributed by atoms with van der Waals surface area (Å²) < 4.78 is 5.47. The molecular formula is C38H30Cl3N3O4S. The number of anilines is 2. The Kier molecular flexibility index (Phi) is 12.0. The van der Waals surface area contributed by atoms with E-state index >= 15 is 0 Å². The number of rotatable bonds is 11. The van der Waals surface area contributed by atoms with Crippen LogP contribution in [0.4, 0.5) is 11.4 Å². The third-order valence-electron chi connectivity index (χ3n) is 7.24. The molecule has 0 radical (unpaired) electrons. The first-order chi connectivity index (χ1) is 23.6. The average molecular weight is 731 g/mol. The van der Waals surface area contributed by atoms with Gasteiger partial charge in [-0.15, -0.1) is 11.8 Å². The molecule has 11 heteroatoms. The maximum absolute atomic E-state index is 13.8. The van der Waals surface area contributed by atoms with E-state index in [-0.39, 0.29) is 11.6 Å². The van der Waals surface area contributed by atoms with Gasteiger partial charge < -0.3 is 20.7 Å². The van der Waals surface area contributed by atoms with E-state index in [1.54, 1.807) is 78.9 Å². The van der Waals surface area contributed by atoms with Crippen molar-refractivity contribution in [1.82, 2.24) is 5.32 Å². The molecular weight excluding hydrogens is 701 g/mol. The molecule has 0 aliphatic rings. The van der Waals surface area contributed by atoms with Gasteiger partial charge in [-0.05, 0) is 72.7 Å². The van der Waals surface area contributed by atoms with Crippen molar-refractivity contribution in [2.45, 2.75) is 17.1 Å². The Balaban J connectivity index is 1.41. The second-order valence-electron chi connectivity index (χ2n) is 10.7. The molecule has 1 atom stereocenters. The second kappa shape index (κ2) is 16.6. The summed E-state index contributed by atoms with van der Waals surface area (Å²) in [4.78, 5) is 41.3. The summed E-state index contributed by atoms with van der Waals surface area (Å²) in [6.07, 6.45) is 1.43. The zero-order chi connectivity index (χ0) is 34.9. The molecule has 0 aliphatic heterocycles. The van der Waals surface area contributed by atoms with E-state index in [2.05, 4.69) is 16.0 Å². The lowest BCUT2D eigenvalue weighted by atomic mass is 10.1. The Hall–Kier alpha value is -4.73. The van der Waals surface area contributed by atoms with Gasteiger partial charge in [-0.1, -0.05) is 95.5 Å². The highest BCUT2D eigenvalue weighted by Crippen LogP contribution is 2.39. The van der Waals surface area contributed by atoms with E-state index < -0.39 is 17.1 Å². The van der Waals surface area contributed by atoms with E-state index in [9.17, 15) is 14.4 Å². The largest absolute Gasteiger partial charge is 0.495 e. The molecule has 1 unspecified atom stereocenters. The maximum atomic E-state index is 13.8. The first-order valence-corrected chi connectivity index (χ1v) is 16.9. The molecule has 5 aromatic rings. The molecule has 7 nitrogen and oxygen atoms in total. The summed E-state index contributed by atoms with van der Waals surface area (Å²) in [5.41, 5.74) is 3.15. The van der Waals surface area contributed by atoms with Crippen molar-refractivity contribution in [2.75, 3.05) is 17.7 Å². The molecule has 0 saturated carbocycles. The van der Waals surface area contributed by atoms with E-state index in [4.69, 9.17) is 39.5 Å². The van der Waals surface area contributed by atoms with Crippen molar-refractivity contribution in [1.29, 1.82) is 0 Å². The second-order valence-corrected chi connectivity index (χ2v) is 13.1. The van der Waals surface area contributed by atoms with Gasteiger partial charge in [0.25, 0.3) is 11.8 Å². The molecule has 0 bridgehead atoms. The predicted molar refractivity (Wildman–Crippen MR) is 200 cm³/mol. The molecule has 3 N–H and O–H groups in total. The smallest absolute Gasteiger partial charge is 0.272 e. The third-order valence-corrected chi connectivity index (χ3v) is 9.56. The minimum atomic E-state index is -0.671. The lowest BCUT2D eigenvalue weighted by Crippen LogP contribution is -2.30. The van der Waals surface area contributed by atoms with E-state index in [0.717, 1.165) is 11.1 Å². The van der Waals surface area contributed by atoms with E-state index in [1.165, 1.54) is 24.9 Å². The van der Waals surface area contributed by atoms with Crippen LogP contribution in [0.15, 0.2) is 126 Å². The molecule has 248 valence electrons. The molecule has 5 aromatic carbocycles. The molecule has 0 spiro atoms. The van der Waals surface area contributed by atoms with Crippen LogP contribution < -0.4 is 20.7 Å². The minimum Gasteiger partial charge on any atom is -0.495 e. The van der Waals surface area contributed by atoms with Gasteiger partial charge in [-0.25, -0.2) is 0 Å². The Bertz CT molecular complexity index is 2000. The van der Waals surface area contributed by atoms with Gasteiger partial charge in [0.2, 0.25) is 5.91 Å². The van der Waals surface area contributed by atoms with Gasteiger partial charge in [0.05, 0.1) is 12.8 Å². The first kappa shape index (κ1) is 35.6. The Morgan fingerprint density at radius 2 is 1.41 bits per heavy atom. The lowest BCUT2D eigenvalue weighted by molar-refractivity contribution is -0.116. The highest BCUT2D eigenvalue weighted by Gasteiger charge is 2.24. The average Bonchev–Trinajstić information content (AvgIpc) is 3.10. The van der Waals surface area contributed by atoms with Crippen molar-refractivity contribution in [3.63, 3.8) is 0 Å². The number of methoxy groups -OCH3 is 1. The van der Waals surface area contributed by atoms with Gasteiger partial charge >= 0.3 is 0 Å². The van der Waals surface area contributed by atoms with Crippen molar-refractivity contribution in [3.8, 4) is 5.75 Å². The number of benzene rings is 5. The molecule has 0 saturated heterocycles. The van der Waals surface area contributed by atoms with E-state index in [1.807, 2.05) is 43.3 Å². The Morgan fingerprint density at radius 1 is 0.755 bits per heavy atom. The number of nitrogens with one attached hydrogen (secondary N) is 3. The summed E-state index contributed by atoms with van der Waals surface area (Å²) >= 11 is 20.4. The number of amides is 3. The number of ether oxygens (including phenoxy) is 1. The summed E-state index contributed by atoms with van der Waals surface area (Å²) in [6, 6.07) is 33.3. The number of aryl methyl sites for hydroxylation is 1. The highest BCUT2D eigenvalue weighted by molar-refractivity contribution is 8.00. The quantitative estimate of drug-likeness (QED) is 0.0929. The van der Waals surface area contributed by atoms with Gasteiger partial charge in [0.1, 0.15) is 16.7 Å². The molecule has 49 heavy (non-hydrogen) atoms. The number of thioether (sulfide) groups is 1. The fourth-order valence-electron chi connectivity index (χ4n) is 4.75. The number of carbonyl (C=O) groups is 3. The zero-order valence-corrected chi connectivity index (χ0v) is 29.4. The van der Waals surface area contributed by atoms with Crippen molar-refractivity contribution >= 4 is 81.7 Å². The SMILES string of the molecule is COc1cc(Cl)c(C)cc1NC(=O)C(Sc1cccc(NC(=O)/C(=C\c2c(Cl)cccc2Cl)NC(=O)c2ccccc2)c1)c1ccccc1. The zero-order valence-electron chi connectivity index (χ0n) is 26.3. The Labute approximate surface area is 303 Å². The van der Waals surface area contributed by atoms with Gasteiger partial charge in [0.15, 0.2) is 0 Å². The molecule has 0 fully saturated rings. The normalized spacial score (nSPS) is 11.7. The van der Waals surface area contributed by atoms with Crippen LogP contribution >= 0.6 is 46.6 Å². The van der Waals surface area contributed by atoms with Crippen molar-refractivity contribution in [2.24, 2.45) is 0 Å². The number of hydrogen-bond donors (Lipinski definition) is 3. The molecule has 5 rings (SSSR count). The van der Waals surface area contributed by atoms with Crippen LogP contribution in [0.3, 0.4) is 0 Å². The topological polar surface area (TPSA) is 96.5 Å². The number of hydrogen-bond acceptors (Lipinski definition) is 5. The van der Waals surface area contributed by atoms with Crippen LogP contribution in [-0.4, -0.2) is 24.8 Å². The summed E-state index contributed by atoms with van der Waals surface area (Å²) in [6.45, 7) is 1.84. The van der Waals surface area contributed by atoms with Crippen LogP contribution in [0.1, 0.15) is 32.3 Å². The van der Waals surface area contributed by atoms with Crippen molar-refractivity contribution in [3.05, 3.63) is 158 Å². The first-order valence-electron chi connectivity index (χ1n) is 14.9. The summed E-state index contributed by atoms with van der Waals surface area (Å²) in [5, 5.41) is 9.01. The van der Waals surface area contributed by atoms with E-state index in [0.29, 0.717) is 48.2 Å². The van der Waals surface area contributed by atoms with Crippen LogP contribution in [0.5, 0.6) is 5.75 Å². The fourth-order valence-corrected chi connectivity index (χ4v) is 6.49. The molecule has 0 heterocycles. The fraction of sp³-hybridized carbons (Fsp3) is 0.0789.